The summed E-state index contributed by atoms with van der Waals surface area (Å²) in [6.07, 6.45) is 0.267. The third-order valence-corrected chi connectivity index (χ3v) is 5.81. The molecular formula is C22H26N3O4+. The van der Waals surface area contributed by atoms with Crippen LogP contribution >= 0.6 is 0 Å². The van der Waals surface area contributed by atoms with E-state index < -0.39 is 0 Å². The first-order valence-electron chi connectivity index (χ1n) is 9.85. The van der Waals surface area contributed by atoms with Crippen LogP contribution in [-0.2, 0) is 9.59 Å². The smallest absolute Gasteiger partial charge is 0.292 e. The first-order chi connectivity index (χ1) is 14.1. The van der Waals surface area contributed by atoms with Gasteiger partial charge in [-0.15, -0.1) is 0 Å². The Kier molecular flexibility index (Phi) is 5.40. The number of carbonyl (C=O) groups excluding carboxylic acids is 2. The van der Waals surface area contributed by atoms with Crippen molar-refractivity contribution in [1.82, 2.24) is 0 Å². The minimum absolute atomic E-state index is 0.104. The van der Waals surface area contributed by atoms with Crippen LogP contribution in [0.1, 0.15) is 6.42 Å². The number of amides is 2. The molecule has 2 amide bonds. The maximum atomic E-state index is 13.0. The zero-order valence-electron chi connectivity index (χ0n) is 16.8. The van der Waals surface area contributed by atoms with Gasteiger partial charge in [0, 0.05) is 5.69 Å². The number of piperazine rings is 1. The van der Waals surface area contributed by atoms with Gasteiger partial charge in [-0.3, -0.25) is 9.59 Å². The molecule has 2 fully saturated rings. The average Bonchev–Trinajstić information content (AvgIpc) is 3.08. The first kappa shape index (κ1) is 19.3. The van der Waals surface area contributed by atoms with Crippen molar-refractivity contribution in [3.05, 3.63) is 48.5 Å². The van der Waals surface area contributed by atoms with Gasteiger partial charge in [0.05, 0.1) is 52.5 Å². The van der Waals surface area contributed by atoms with Gasteiger partial charge in [0.1, 0.15) is 11.5 Å². The van der Waals surface area contributed by atoms with Crippen molar-refractivity contribution >= 4 is 23.2 Å². The molecule has 0 aliphatic carbocycles. The van der Waals surface area contributed by atoms with Gasteiger partial charge < -0.3 is 19.3 Å². The molecule has 7 heteroatoms. The van der Waals surface area contributed by atoms with Crippen molar-refractivity contribution < 1.29 is 24.0 Å². The number of rotatable bonds is 5. The quantitative estimate of drug-likeness (QED) is 0.756. The van der Waals surface area contributed by atoms with Gasteiger partial charge in [-0.1, -0.05) is 0 Å². The Hall–Kier alpha value is -3.06. The molecule has 0 aromatic heterocycles. The minimum Gasteiger partial charge on any atom is -0.497 e. The Morgan fingerprint density at radius 2 is 1.34 bits per heavy atom. The van der Waals surface area contributed by atoms with Crippen LogP contribution in [0.15, 0.2) is 48.5 Å². The standard InChI is InChI=1S/C22H25N3O4/c1-28-18-7-3-16(4-8-18)23-11-13-24(14-12-23)20-15-21(26)25(22(20)27)17-5-9-19(29-2)10-6-17/h3-10,20H,11-15H2,1-2H3/p+1/t20-/m1/s1. The lowest BCUT2D eigenvalue weighted by Crippen LogP contribution is -3.19. The minimum atomic E-state index is -0.303. The van der Waals surface area contributed by atoms with Gasteiger partial charge in [0.15, 0.2) is 6.04 Å². The molecule has 2 aromatic rings. The molecule has 0 saturated carbocycles. The number of hydrogen-bond donors (Lipinski definition) is 1. The number of imide groups is 1. The molecule has 0 radical (unpaired) electrons. The largest absolute Gasteiger partial charge is 0.497 e. The third-order valence-electron chi connectivity index (χ3n) is 5.81. The van der Waals surface area contributed by atoms with Gasteiger partial charge >= 0.3 is 0 Å². The molecule has 7 nitrogen and oxygen atoms in total. The van der Waals surface area contributed by atoms with E-state index in [0.717, 1.165) is 37.6 Å². The fraction of sp³-hybridized carbons (Fsp3) is 0.364. The van der Waals surface area contributed by atoms with Crippen LogP contribution in [0.25, 0.3) is 0 Å². The maximum Gasteiger partial charge on any atom is 0.292 e. The second kappa shape index (κ2) is 8.13. The predicted molar refractivity (Wildman–Crippen MR) is 110 cm³/mol. The fourth-order valence-corrected chi connectivity index (χ4v) is 4.15. The lowest BCUT2D eigenvalue weighted by molar-refractivity contribution is -0.915. The molecule has 1 atom stereocenters. The van der Waals surface area contributed by atoms with Crippen LogP contribution in [0.2, 0.25) is 0 Å². The van der Waals surface area contributed by atoms with Gasteiger partial charge in [-0.25, -0.2) is 4.90 Å². The van der Waals surface area contributed by atoms with Crippen LogP contribution in [-0.4, -0.2) is 58.3 Å². The normalized spacial score (nSPS) is 20.3. The zero-order valence-corrected chi connectivity index (χ0v) is 16.8. The van der Waals surface area contributed by atoms with Crippen LogP contribution in [0, 0.1) is 0 Å². The highest BCUT2D eigenvalue weighted by Crippen LogP contribution is 2.25. The molecular weight excluding hydrogens is 370 g/mol. The molecule has 0 unspecified atom stereocenters. The molecule has 152 valence electrons. The van der Waals surface area contributed by atoms with Crippen molar-refractivity contribution in [3.63, 3.8) is 0 Å². The summed E-state index contributed by atoms with van der Waals surface area (Å²) in [4.78, 5) is 30.4. The lowest BCUT2D eigenvalue weighted by atomic mass is 10.1. The summed E-state index contributed by atoms with van der Waals surface area (Å²) < 4.78 is 10.4. The van der Waals surface area contributed by atoms with Crippen molar-refractivity contribution in [2.75, 3.05) is 50.2 Å². The van der Waals surface area contributed by atoms with Gasteiger partial charge in [-0.05, 0) is 48.5 Å². The number of benzene rings is 2. The van der Waals surface area contributed by atoms with Crippen molar-refractivity contribution in [1.29, 1.82) is 0 Å². The molecule has 1 N–H and O–H groups in total. The summed E-state index contributed by atoms with van der Waals surface area (Å²) in [5.41, 5.74) is 1.76. The van der Waals surface area contributed by atoms with E-state index in [4.69, 9.17) is 9.47 Å². The summed E-state index contributed by atoms with van der Waals surface area (Å²) in [6.45, 7) is 3.35. The van der Waals surface area contributed by atoms with E-state index in [9.17, 15) is 9.59 Å². The molecule has 2 aliphatic heterocycles. The molecule has 0 bridgehead atoms. The number of nitrogens with zero attached hydrogens (tertiary/aromatic N) is 2. The van der Waals surface area contributed by atoms with Crippen LogP contribution in [0.3, 0.4) is 0 Å². The second-order valence-electron chi connectivity index (χ2n) is 7.37. The van der Waals surface area contributed by atoms with Crippen LogP contribution in [0.5, 0.6) is 11.5 Å². The van der Waals surface area contributed by atoms with E-state index in [2.05, 4.69) is 17.0 Å². The van der Waals surface area contributed by atoms with Gasteiger partial charge in [0.2, 0.25) is 5.91 Å². The molecule has 4 rings (SSSR count). The van der Waals surface area contributed by atoms with E-state index in [0.29, 0.717) is 11.4 Å². The topological polar surface area (TPSA) is 63.5 Å². The number of anilines is 2. The van der Waals surface area contributed by atoms with Crippen molar-refractivity contribution in [2.45, 2.75) is 12.5 Å². The van der Waals surface area contributed by atoms with E-state index in [1.807, 2.05) is 12.1 Å². The molecule has 29 heavy (non-hydrogen) atoms. The van der Waals surface area contributed by atoms with Crippen molar-refractivity contribution in [2.24, 2.45) is 0 Å². The SMILES string of the molecule is COc1ccc(N2CC[NH+]([C@@H]3CC(=O)N(c4ccc(OC)cc4)C3=O)CC2)cc1. The fourth-order valence-electron chi connectivity index (χ4n) is 4.15. The van der Waals surface area contributed by atoms with Crippen LogP contribution < -0.4 is 24.2 Å². The molecule has 2 aliphatic rings. The molecule has 2 heterocycles. The molecule has 2 aromatic carbocycles. The Balaban J connectivity index is 1.40. The van der Waals surface area contributed by atoms with Crippen molar-refractivity contribution in [3.8, 4) is 11.5 Å². The van der Waals surface area contributed by atoms with Gasteiger partial charge in [0.25, 0.3) is 5.91 Å². The monoisotopic (exact) mass is 396 g/mol. The average molecular weight is 396 g/mol. The summed E-state index contributed by atoms with van der Waals surface area (Å²) in [5.74, 6) is 1.31. The second-order valence-corrected chi connectivity index (χ2v) is 7.37. The lowest BCUT2D eigenvalue weighted by Gasteiger charge is -2.35. The highest BCUT2D eigenvalue weighted by atomic mass is 16.5. The number of quaternary nitrogens is 1. The molecule has 0 spiro atoms. The summed E-state index contributed by atoms with van der Waals surface area (Å²) in [7, 11) is 3.25. The van der Waals surface area contributed by atoms with E-state index in [1.54, 1.807) is 38.5 Å². The Morgan fingerprint density at radius 3 is 1.86 bits per heavy atom. The Bertz CT molecular complexity index is 874. The number of hydrogen-bond acceptors (Lipinski definition) is 5. The van der Waals surface area contributed by atoms with E-state index >= 15 is 0 Å². The predicted octanol–water partition coefficient (Wildman–Crippen LogP) is 0.741. The maximum absolute atomic E-state index is 13.0. The molecule has 2 saturated heterocycles. The van der Waals surface area contributed by atoms with E-state index in [1.165, 1.54) is 9.80 Å². The number of carbonyl (C=O) groups is 2. The van der Waals surface area contributed by atoms with E-state index in [-0.39, 0.29) is 24.3 Å². The number of methoxy groups -OCH3 is 2. The van der Waals surface area contributed by atoms with Crippen LogP contribution in [0.4, 0.5) is 11.4 Å². The van der Waals surface area contributed by atoms with Gasteiger partial charge in [-0.2, -0.15) is 0 Å². The Labute approximate surface area is 170 Å². The number of nitrogens with one attached hydrogen (secondary N) is 1. The summed E-state index contributed by atoms with van der Waals surface area (Å²) in [5, 5.41) is 0. The number of ether oxygens (including phenoxy) is 2. The highest BCUT2D eigenvalue weighted by Gasteiger charge is 2.46. The summed E-state index contributed by atoms with van der Waals surface area (Å²) >= 11 is 0. The Morgan fingerprint density at radius 1 is 0.828 bits per heavy atom. The summed E-state index contributed by atoms with van der Waals surface area (Å²) in [6, 6.07) is 14.8. The zero-order chi connectivity index (χ0) is 20.4. The highest BCUT2D eigenvalue weighted by molar-refractivity contribution is 6.21. The first-order valence-corrected chi connectivity index (χ1v) is 9.85. The third kappa shape index (κ3) is 3.78.